The summed E-state index contributed by atoms with van der Waals surface area (Å²) < 4.78 is 14.0. The first-order valence-corrected chi connectivity index (χ1v) is 10.8. The Morgan fingerprint density at radius 1 is 1.13 bits per heavy atom. The van der Waals surface area contributed by atoms with E-state index in [0.717, 1.165) is 25.9 Å². The third-order valence-corrected chi connectivity index (χ3v) is 6.00. The zero-order chi connectivity index (χ0) is 22.0. The number of hydrogen-bond donors (Lipinski definition) is 1. The molecule has 7 heteroatoms. The summed E-state index contributed by atoms with van der Waals surface area (Å²) >= 11 is 0. The smallest absolute Gasteiger partial charge is 0.225 e. The number of halogens is 1. The van der Waals surface area contributed by atoms with E-state index in [1.54, 1.807) is 24.3 Å². The molecule has 0 radical (unpaired) electrons. The van der Waals surface area contributed by atoms with E-state index in [2.05, 4.69) is 9.88 Å². The molecule has 1 aliphatic rings. The maximum absolute atomic E-state index is 14.0. The van der Waals surface area contributed by atoms with Crippen LogP contribution in [0.2, 0.25) is 0 Å². The van der Waals surface area contributed by atoms with Gasteiger partial charge in [-0.3, -0.25) is 4.79 Å². The molecule has 1 saturated heterocycles. The molecular weight excluding hydrogens is 395 g/mol. The molecular formula is C24H27FN4O2. The molecule has 0 unspecified atom stereocenters. The highest BCUT2D eigenvalue weighted by atomic mass is 19.1. The zero-order valence-corrected chi connectivity index (χ0v) is 17.9. The van der Waals surface area contributed by atoms with Gasteiger partial charge in [0.15, 0.2) is 5.82 Å². The van der Waals surface area contributed by atoms with Gasteiger partial charge in [0.2, 0.25) is 5.91 Å². The first-order chi connectivity index (χ1) is 15.0. The van der Waals surface area contributed by atoms with E-state index in [-0.39, 0.29) is 23.4 Å². The van der Waals surface area contributed by atoms with Crippen molar-refractivity contribution < 1.29 is 14.3 Å². The van der Waals surface area contributed by atoms with Crippen molar-refractivity contribution in [3.8, 4) is 17.1 Å². The van der Waals surface area contributed by atoms with Gasteiger partial charge in [-0.2, -0.15) is 0 Å². The van der Waals surface area contributed by atoms with Crippen molar-refractivity contribution in [1.29, 1.82) is 0 Å². The molecule has 0 spiro atoms. The molecule has 1 fully saturated rings. The molecule has 1 N–H and O–H groups in total. The van der Waals surface area contributed by atoms with E-state index in [9.17, 15) is 14.3 Å². The number of phenolic OH excluding ortho intramolecular Hbond substituents is 1. The lowest BCUT2D eigenvalue weighted by atomic mass is 9.95. The summed E-state index contributed by atoms with van der Waals surface area (Å²) in [6.45, 7) is 6.74. The SMILES string of the molecule is CCN(CC)C(=O)C1CCN(c2nc(-c3ccccc3O)nc3ccc(F)cc23)CC1. The number of para-hydroxylation sites is 1. The molecule has 1 aromatic heterocycles. The van der Waals surface area contributed by atoms with E-state index < -0.39 is 0 Å². The molecule has 6 nitrogen and oxygen atoms in total. The van der Waals surface area contributed by atoms with Crippen LogP contribution >= 0.6 is 0 Å². The highest BCUT2D eigenvalue weighted by molar-refractivity contribution is 5.91. The van der Waals surface area contributed by atoms with Crippen LogP contribution in [0.5, 0.6) is 5.75 Å². The average molecular weight is 423 g/mol. The highest BCUT2D eigenvalue weighted by Gasteiger charge is 2.29. The monoisotopic (exact) mass is 422 g/mol. The Morgan fingerprint density at radius 2 is 1.84 bits per heavy atom. The van der Waals surface area contributed by atoms with Gasteiger partial charge in [-0.05, 0) is 57.0 Å². The number of rotatable bonds is 5. The molecule has 0 atom stereocenters. The van der Waals surface area contributed by atoms with E-state index in [1.165, 1.54) is 12.1 Å². The minimum absolute atomic E-state index is 0.00127. The second-order valence-corrected chi connectivity index (χ2v) is 7.82. The van der Waals surface area contributed by atoms with Crippen LogP contribution in [0.25, 0.3) is 22.3 Å². The quantitative estimate of drug-likeness (QED) is 0.667. The van der Waals surface area contributed by atoms with Crippen molar-refractivity contribution in [2.24, 2.45) is 5.92 Å². The van der Waals surface area contributed by atoms with Gasteiger partial charge in [-0.15, -0.1) is 0 Å². The van der Waals surface area contributed by atoms with Crippen molar-refractivity contribution >= 4 is 22.6 Å². The van der Waals surface area contributed by atoms with Gasteiger partial charge in [0.1, 0.15) is 17.4 Å². The fourth-order valence-corrected chi connectivity index (χ4v) is 4.24. The number of anilines is 1. The number of phenols is 1. The first-order valence-electron chi connectivity index (χ1n) is 10.8. The van der Waals surface area contributed by atoms with Crippen LogP contribution in [0.3, 0.4) is 0 Å². The van der Waals surface area contributed by atoms with Gasteiger partial charge in [0, 0.05) is 37.5 Å². The minimum Gasteiger partial charge on any atom is -0.507 e. The average Bonchev–Trinajstić information content (AvgIpc) is 2.79. The van der Waals surface area contributed by atoms with E-state index in [1.807, 2.05) is 24.8 Å². The van der Waals surface area contributed by atoms with Crippen LogP contribution in [0, 0.1) is 11.7 Å². The van der Waals surface area contributed by atoms with E-state index in [4.69, 9.17) is 4.98 Å². The molecule has 162 valence electrons. The Labute approximate surface area is 181 Å². The summed E-state index contributed by atoms with van der Waals surface area (Å²) in [5, 5.41) is 10.9. The number of piperidine rings is 1. The Kier molecular flexibility index (Phi) is 6.02. The number of hydrogen-bond acceptors (Lipinski definition) is 5. The lowest BCUT2D eigenvalue weighted by molar-refractivity contribution is -0.135. The molecule has 0 aliphatic carbocycles. The second kappa shape index (κ2) is 8.88. The fourth-order valence-electron chi connectivity index (χ4n) is 4.24. The maximum atomic E-state index is 14.0. The maximum Gasteiger partial charge on any atom is 0.225 e. The van der Waals surface area contributed by atoms with Crippen LogP contribution in [-0.4, -0.2) is 52.1 Å². The molecule has 1 amide bonds. The lowest BCUT2D eigenvalue weighted by Gasteiger charge is -2.35. The Hall–Kier alpha value is -3.22. The van der Waals surface area contributed by atoms with Gasteiger partial charge in [0.25, 0.3) is 0 Å². The molecule has 4 rings (SSSR count). The van der Waals surface area contributed by atoms with Crippen LogP contribution < -0.4 is 4.90 Å². The minimum atomic E-state index is -0.348. The summed E-state index contributed by atoms with van der Waals surface area (Å²) in [6.07, 6.45) is 1.45. The number of aromatic hydroxyl groups is 1. The van der Waals surface area contributed by atoms with Gasteiger partial charge in [-0.1, -0.05) is 12.1 Å². The van der Waals surface area contributed by atoms with Crippen molar-refractivity contribution in [3.05, 3.63) is 48.3 Å². The summed E-state index contributed by atoms with van der Waals surface area (Å²) in [5.41, 5.74) is 1.15. The van der Waals surface area contributed by atoms with Crippen molar-refractivity contribution in [1.82, 2.24) is 14.9 Å². The third kappa shape index (κ3) is 4.17. The normalized spacial score (nSPS) is 14.7. The van der Waals surface area contributed by atoms with Crippen LogP contribution in [0.15, 0.2) is 42.5 Å². The number of carbonyl (C=O) groups is 1. The molecule has 1 aliphatic heterocycles. The van der Waals surface area contributed by atoms with Crippen LogP contribution in [0.1, 0.15) is 26.7 Å². The molecule has 0 saturated carbocycles. The van der Waals surface area contributed by atoms with Crippen molar-refractivity contribution in [2.75, 3.05) is 31.1 Å². The molecule has 2 aromatic carbocycles. The summed E-state index contributed by atoms with van der Waals surface area (Å²) in [5.74, 6) is 0.986. The first kappa shape index (κ1) is 21.0. The van der Waals surface area contributed by atoms with Crippen molar-refractivity contribution in [2.45, 2.75) is 26.7 Å². The zero-order valence-electron chi connectivity index (χ0n) is 17.9. The lowest BCUT2D eigenvalue weighted by Crippen LogP contribution is -2.42. The van der Waals surface area contributed by atoms with E-state index >= 15 is 0 Å². The number of carbonyl (C=O) groups excluding carboxylic acids is 1. The molecule has 3 aromatic rings. The van der Waals surface area contributed by atoms with Gasteiger partial charge >= 0.3 is 0 Å². The molecule has 0 bridgehead atoms. The fraction of sp³-hybridized carbons (Fsp3) is 0.375. The van der Waals surface area contributed by atoms with E-state index in [0.29, 0.717) is 41.2 Å². The highest BCUT2D eigenvalue weighted by Crippen LogP contribution is 2.33. The second-order valence-electron chi connectivity index (χ2n) is 7.82. The summed E-state index contributed by atoms with van der Waals surface area (Å²) in [4.78, 5) is 26.0. The van der Waals surface area contributed by atoms with Gasteiger partial charge < -0.3 is 14.9 Å². The number of benzene rings is 2. The number of fused-ring (bicyclic) bond motifs is 1. The summed E-state index contributed by atoms with van der Waals surface area (Å²) in [7, 11) is 0. The Morgan fingerprint density at radius 3 is 2.52 bits per heavy atom. The standard InChI is InChI=1S/C24H27FN4O2/c1-3-28(4-2)24(31)16-11-13-29(14-12-16)23-19-15-17(25)9-10-20(19)26-22(27-23)18-7-5-6-8-21(18)30/h5-10,15-16,30H,3-4,11-14H2,1-2H3. The number of aromatic nitrogens is 2. The Balaban J connectivity index is 1.68. The van der Waals surface area contributed by atoms with Gasteiger partial charge in [0.05, 0.1) is 11.1 Å². The number of nitrogens with zero attached hydrogens (tertiary/aromatic N) is 4. The van der Waals surface area contributed by atoms with Crippen LogP contribution in [0.4, 0.5) is 10.2 Å². The topological polar surface area (TPSA) is 69.6 Å². The Bertz CT molecular complexity index is 1090. The third-order valence-electron chi connectivity index (χ3n) is 6.00. The van der Waals surface area contributed by atoms with Gasteiger partial charge in [-0.25, -0.2) is 14.4 Å². The molecule has 2 heterocycles. The van der Waals surface area contributed by atoms with Crippen LogP contribution in [-0.2, 0) is 4.79 Å². The summed E-state index contributed by atoms with van der Waals surface area (Å²) in [6, 6.07) is 11.4. The molecule has 31 heavy (non-hydrogen) atoms. The van der Waals surface area contributed by atoms with Crippen molar-refractivity contribution in [3.63, 3.8) is 0 Å². The largest absolute Gasteiger partial charge is 0.507 e. The number of amides is 1. The predicted octanol–water partition coefficient (Wildman–Crippen LogP) is 4.23. The predicted molar refractivity (Wildman–Crippen MR) is 119 cm³/mol.